The molecular formula is C17H29BrO3. The van der Waals surface area contributed by atoms with Gasteiger partial charge in [0.15, 0.2) is 0 Å². The SMILES string of the molecule is COCCOC1C(Br)CC1OC1CC2CCC1(C)C2(C)C. The molecule has 0 saturated heterocycles. The monoisotopic (exact) mass is 360 g/mol. The summed E-state index contributed by atoms with van der Waals surface area (Å²) in [5, 5.41) is 0. The number of fused-ring (bicyclic) bond motifs is 2. The van der Waals surface area contributed by atoms with E-state index >= 15 is 0 Å². The Bertz CT molecular complexity index is 386. The van der Waals surface area contributed by atoms with E-state index < -0.39 is 0 Å². The Balaban J connectivity index is 1.58. The van der Waals surface area contributed by atoms with Crippen molar-refractivity contribution in [2.75, 3.05) is 20.3 Å². The quantitative estimate of drug-likeness (QED) is 0.532. The van der Waals surface area contributed by atoms with Gasteiger partial charge in [-0.15, -0.1) is 0 Å². The van der Waals surface area contributed by atoms with E-state index in [2.05, 4.69) is 36.7 Å². The summed E-state index contributed by atoms with van der Waals surface area (Å²) < 4.78 is 17.5. The molecule has 0 radical (unpaired) electrons. The maximum atomic E-state index is 6.54. The molecule has 4 heteroatoms. The van der Waals surface area contributed by atoms with Gasteiger partial charge in [-0.25, -0.2) is 0 Å². The van der Waals surface area contributed by atoms with Crippen LogP contribution in [-0.4, -0.2) is 43.5 Å². The largest absolute Gasteiger partial charge is 0.382 e. The summed E-state index contributed by atoms with van der Waals surface area (Å²) in [5.74, 6) is 0.834. The topological polar surface area (TPSA) is 27.7 Å². The highest BCUT2D eigenvalue weighted by Gasteiger charge is 2.63. The Morgan fingerprint density at radius 1 is 1.14 bits per heavy atom. The van der Waals surface area contributed by atoms with Crippen LogP contribution in [-0.2, 0) is 14.2 Å². The third-order valence-electron chi connectivity index (χ3n) is 6.83. The lowest BCUT2D eigenvalue weighted by molar-refractivity contribution is -0.175. The van der Waals surface area contributed by atoms with Gasteiger partial charge in [-0.3, -0.25) is 0 Å². The molecule has 122 valence electrons. The molecule has 3 rings (SSSR count). The molecule has 0 aromatic rings. The van der Waals surface area contributed by atoms with Crippen LogP contribution in [0.1, 0.15) is 46.5 Å². The molecule has 2 bridgehead atoms. The molecule has 0 aromatic heterocycles. The number of hydrogen-bond donors (Lipinski definition) is 0. The summed E-state index contributed by atoms with van der Waals surface area (Å²) in [5.41, 5.74) is 0.758. The van der Waals surface area contributed by atoms with Crippen LogP contribution in [0.3, 0.4) is 0 Å². The van der Waals surface area contributed by atoms with E-state index in [0.717, 1.165) is 12.3 Å². The number of rotatable bonds is 6. The molecule has 0 heterocycles. The van der Waals surface area contributed by atoms with Crippen LogP contribution in [0.25, 0.3) is 0 Å². The molecule has 6 unspecified atom stereocenters. The highest BCUT2D eigenvalue weighted by atomic mass is 79.9. The minimum atomic E-state index is 0.186. The third kappa shape index (κ3) is 2.50. The lowest BCUT2D eigenvalue weighted by Crippen LogP contribution is -2.54. The second-order valence-corrected chi connectivity index (χ2v) is 9.03. The van der Waals surface area contributed by atoms with Gasteiger partial charge in [0.2, 0.25) is 0 Å². The van der Waals surface area contributed by atoms with E-state index in [1.807, 2.05) is 0 Å². The lowest BCUT2D eigenvalue weighted by atomic mass is 9.70. The summed E-state index contributed by atoms with van der Waals surface area (Å²) in [6.07, 6.45) is 5.84. The van der Waals surface area contributed by atoms with Gasteiger partial charge in [0.1, 0.15) is 0 Å². The van der Waals surface area contributed by atoms with Gasteiger partial charge in [0, 0.05) is 11.9 Å². The molecule has 3 saturated carbocycles. The maximum Gasteiger partial charge on any atom is 0.0963 e. The standard InChI is InChI=1S/C17H29BrO3/c1-16(2)11-5-6-17(16,3)14(9-11)21-13-10-12(18)15(13)20-8-7-19-4/h11-15H,5-10H2,1-4H3. The molecule has 3 aliphatic carbocycles. The zero-order valence-corrected chi connectivity index (χ0v) is 15.3. The summed E-state index contributed by atoms with van der Waals surface area (Å²) in [6, 6.07) is 0. The average Bonchev–Trinajstić information content (AvgIpc) is 2.76. The molecule has 21 heavy (non-hydrogen) atoms. The van der Waals surface area contributed by atoms with Crippen molar-refractivity contribution in [1.29, 1.82) is 0 Å². The van der Waals surface area contributed by atoms with Crippen LogP contribution in [0.4, 0.5) is 0 Å². The van der Waals surface area contributed by atoms with Gasteiger partial charge in [0.05, 0.1) is 31.5 Å². The van der Waals surface area contributed by atoms with Crippen molar-refractivity contribution >= 4 is 15.9 Å². The first-order valence-electron chi connectivity index (χ1n) is 8.30. The van der Waals surface area contributed by atoms with Crippen molar-refractivity contribution in [3.05, 3.63) is 0 Å². The number of hydrogen-bond acceptors (Lipinski definition) is 3. The molecule has 0 N–H and O–H groups in total. The molecule has 0 spiro atoms. The Morgan fingerprint density at radius 3 is 2.43 bits per heavy atom. The minimum Gasteiger partial charge on any atom is -0.382 e. The predicted octanol–water partition coefficient (Wildman–Crippen LogP) is 3.79. The van der Waals surface area contributed by atoms with Crippen molar-refractivity contribution in [3.63, 3.8) is 0 Å². The molecule has 3 fully saturated rings. The van der Waals surface area contributed by atoms with Gasteiger partial charge in [0.25, 0.3) is 0 Å². The predicted molar refractivity (Wildman–Crippen MR) is 86.8 cm³/mol. The van der Waals surface area contributed by atoms with Gasteiger partial charge < -0.3 is 14.2 Å². The van der Waals surface area contributed by atoms with Crippen LogP contribution in [0.15, 0.2) is 0 Å². The summed E-state index contributed by atoms with van der Waals surface area (Å²) in [7, 11) is 1.71. The number of alkyl halides is 1. The van der Waals surface area contributed by atoms with Crippen LogP contribution >= 0.6 is 15.9 Å². The summed E-state index contributed by atoms with van der Waals surface area (Å²) in [4.78, 5) is 0.429. The second-order valence-electron chi connectivity index (χ2n) is 7.85. The first-order valence-corrected chi connectivity index (χ1v) is 9.22. The maximum absolute atomic E-state index is 6.54. The van der Waals surface area contributed by atoms with Crippen LogP contribution in [0.2, 0.25) is 0 Å². The fourth-order valence-corrected chi connectivity index (χ4v) is 5.55. The van der Waals surface area contributed by atoms with E-state index in [1.165, 1.54) is 19.3 Å². The van der Waals surface area contributed by atoms with E-state index in [0.29, 0.717) is 35.0 Å². The van der Waals surface area contributed by atoms with Crippen molar-refractivity contribution in [2.24, 2.45) is 16.7 Å². The van der Waals surface area contributed by atoms with Crippen molar-refractivity contribution in [3.8, 4) is 0 Å². The second kappa shape index (κ2) is 5.77. The highest BCUT2D eigenvalue weighted by molar-refractivity contribution is 9.09. The van der Waals surface area contributed by atoms with E-state index in [-0.39, 0.29) is 12.2 Å². The summed E-state index contributed by atoms with van der Waals surface area (Å²) >= 11 is 3.70. The molecule has 0 aromatic carbocycles. The number of ether oxygens (including phenoxy) is 3. The normalized spacial score (nSPS) is 47.6. The average molecular weight is 361 g/mol. The number of methoxy groups -OCH3 is 1. The molecule has 3 aliphatic rings. The van der Waals surface area contributed by atoms with Gasteiger partial charge >= 0.3 is 0 Å². The molecule has 0 aliphatic heterocycles. The van der Waals surface area contributed by atoms with Crippen LogP contribution < -0.4 is 0 Å². The van der Waals surface area contributed by atoms with Crippen molar-refractivity contribution < 1.29 is 14.2 Å². The van der Waals surface area contributed by atoms with Gasteiger partial charge in [-0.1, -0.05) is 36.7 Å². The fourth-order valence-electron chi connectivity index (χ4n) is 4.69. The van der Waals surface area contributed by atoms with E-state index in [1.54, 1.807) is 7.11 Å². The Morgan fingerprint density at radius 2 is 1.90 bits per heavy atom. The molecule has 0 amide bonds. The smallest absolute Gasteiger partial charge is 0.0963 e. The van der Waals surface area contributed by atoms with Crippen molar-refractivity contribution in [2.45, 2.75) is 69.6 Å². The molecular weight excluding hydrogens is 332 g/mol. The Kier molecular flexibility index (Phi) is 4.46. The highest BCUT2D eigenvalue weighted by Crippen LogP contribution is 2.66. The minimum absolute atomic E-state index is 0.186. The van der Waals surface area contributed by atoms with Crippen LogP contribution in [0, 0.1) is 16.7 Å². The van der Waals surface area contributed by atoms with Gasteiger partial charge in [-0.2, -0.15) is 0 Å². The van der Waals surface area contributed by atoms with E-state index in [9.17, 15) is 0 Å². The first kappa shape index (κ1) is 16.2. The van der Waals surface area contributed by atoms with Crippen molar-refractivity contribution in [1.82, 2.24) is 0 Å². The number of halogens is 1. The van der Waals surface area contributed by atoms with E-state index in [4.69, 9.17) is 14.2 Å². The summed E-state index contributed by atoms with van der Waals surface area (Å²) in [6.45, 7) is 8.62. The van der Waals surface area contributed by atoms with Gasteiger partial charge in [-0.05, 0) is 42.4 Å². The zero-order chi connectivity index (χ0) is 15.3. The fraction of sp³-hybridized carbons (Fsp3) is 1.00. The molecule has 3 nitrogen and oxygen atoms in total. The zero-order valence-electron chi connectivity index (χ0n) is 13.7. The van der Waals surface area contributed by atoms with Crippen LogP contribution in [0.5, 0.6) is 0 Å². The third-order valence-corrected chi connectivity index (χ3v) is 7.73. The Labute approximate surface area is 137 Å². The lowest BCUT2D eigenvalue weighted by Gasteiger charge is -2.46. The molecule has 6 atom stereocenters. The first-order chi connectivity index (χ1) is 9.90. The Hall–Kier alpha value is 0.360.